The number of halogens is 1. The van der Waals surface area contributed by atoms with Crippen molar-refractivity contribution in [2.45, 2.75) is 13.2 Å². The number of hydrogen-bond acceptors (Lipinski definition) is 4. The number of amides is 1. The van der Waals surface area contributed by atoms with Crippen LogP contribution in [0.25, 0.3) is 11.5 Å². The Bertz CT molecular complexity index is 997. The van der Waals surface area contributed by atoms with Gasteiger partial charge in [0.15, 0.2) is 6.67 Å². The van der Waals surface area contributed by atoms with Crippen LogP contribution < -0.4 is 10.2 Å². The molecule has 2 aromatic carbocycles. The molecular formula is C19H20FN4O2S+. The van der Waals surface area contributed by atoms with E-state index in [2.05, 4.69) is 10.4 Å². The van der Waals surface area contributed by atoms with Crippen LogP contribution in [0.1, 0.15) is 15.9 Å². The third kappa shape index (κ3) is 4.47. The summed E-state index contributed by atoms with van der Waals surface area (Å²) in [6.45, 7) is 1.17. The zero-order valence-electron chi connectivity index (χ0n) is 15.0. The third-order valence-corrected chi connectivity index (χ3v) is 4.37. The first kappa shape index (κ1) is 18.9. The van der Waals surface area contributed by atoms with Crippen LogP contribution >= 0.6 is 12.2 Å². The summed E-state index contributed by atoms with van der Waals surface area (Å²) in [5.74, 6) is -0.351. The van der Waals surface area contributed by atoms with E-state index >= 15 is 0 Å². The Morgan fingerprint density at radius 1 is 1.26 bits per heavy atom. The Morgan fingerprint density at radius 2 is 1.96 bits per heavy atom. The number of nitrogens with one attached hydrogen (secondary N) is 2. The Balaban J connectivity index is 1.69. The van der Waals surface area contributed by atoms with Gasteiger partial charge in [-0.1, -0.05) is 24.3 Å². The molecule has 0 saturated heterocycles. The summed E-state index contributed by atoms with van der Waals surface area (Å²) in [6, 6.07) is 13.7. The summed E-state index contributed by atoms with van der Waals surface area (Å²) >= 11 is 5.21. The molecule has 1 amide bonds. The van der Waals surface area contributed by atoms with Crippen LogP contribution in [-0.2, 0) is 13.2 Å². The van der Waals surface area contributed by atoms with Gasteiger partial charge < -0.3 is 14.6 Å². The molecule has 0 aliphatic heterocycles. The minimum absolute atomic E-state index is 0.114. The van der Waals surface area contributed by atoms with Crippen molar-refractivity contribution in [1.82, 2.24) is 15.1 Å². The lowest BCUT2D eigenvalue weighted by molar-refractivity contribution is -0.917. The molecule has 3 aromatic rings. The molecule has 140 valence electrons. The molecule has 3 rings (SSSR count). The highest BCUT2D eigenvalue weighted by Gasteiger charge is 2.15. The van der Waals surface area contributed by atoms with Gasteiger partial charge in [0, 0.05) is 18.2 Å². The number of carbonyl (C=O) groups excluding carboxylic acids is 1. The van der Waals surface area contributed by atoms with Crippen molar-refractivity contribution in [3.8, 4) is 11.5 Å². The minimum Gasteiger partial charge on any atom is -0.409 e. The zero-order valence-corrected chi connectivity index (χ0v) is 15.8. The fraction of sp³-hybridized carbons (Fsp3) is 0.211. The van der Waals surface area contributed by atoms with Gasteiger partial charge >= 0.3 is 0 Å². The molecule has 0 aliphatic rings. The minimum atomic E-state index is -0.405. The van der Waals surface area contributed by atoms with Gasteiger partial charge in [-0.25, -0.2) is 4.39 Å². The van der Waals surface area contributed by atoms with E-state index in [1.807, 2.05) is 19.2 Å². The first-order valence-corrected chi connectivity index (χ1v) is 8.84. The van der Waals surface area contributed by atoms with E-state index in [0.717, 1.165) is 10.5 Å². The van der Waals surface area contributed by atoms with E-state index in [4.69, 9.17) is 16.6 Å². The van der Waals surface area contributed by atoms with E-state index in [-0.39, 0.29) is 22.2 Å². The van der Waals surface area contributed by atoms with Crippen LogP contribution in [0.2, 0.25) is 0 Å². The third-order valence-electron chi connectivity index (χ3n) is 4.08. The summed E-state index contributed by atoms with van der Waals surface area (Å²) in [5.41, 5.74) is 1.97. The summed E-state index contributed by atoms with van der Waals surface area (Å²) in [7, 11) is 3.59. The molecule has 0 saturated carbocycles. The van der Waals surface area contributed by atoms with Gasteiger partial charge in [-0.05, 0) is 36.5 Å². The first-order chi connectivity index (χ1) is 13.0. The van der Waals surface area contributed by atoms with Crippen LogP contribution in [0.5, 0.6) is 0 Å². The summed E-state index contributed by atoms with van der Waals surface area (Å²) in [6.07, 6.45) is 0. The van der Waals surface area contributed by atoms with E-state index in [9.17, 15) is 9.18 Å². The molecular weight excluding hydrogens is 367 g/mol. The lowest BCUT2D eigenvalue weighted by atomic mass is 10.1. The number of aromatic nitrogens is 2. The van der Waals surface area contributed by atoms with Crippen molar-refractivity contribution in [2.24, 2.45) is 0 Å². The molecule has 0 radical (unpaired) electrons. The molecule has 1 aromatic heterocycles. The fourth-order valence-electron chi connectivity index (χ4n) is 2.73. The highest BCUT2D eigenvalue weighted by Crippen LogP contribution is 2.20. The maximum absolute atomic E-state index is 13.9. The van der Waals surface area contributed by atoms with Gasteiger partial charge in [0.25, 0.3) is 10.7 Å². The number of carbonyl (C=O) groups is 1. The summed E-state index contributed by atoms with van der Waals surface area (Å²) in [4.78, 5) is 12.9. The maximum Gasteiger partial charge on any atom is 0.292 e. The van der Waals surface area contributed by atoms with Gasteiger partial charge in [0.1, 0.15) is 12.4 Å². The smallest absolute Gasteiger partial charge is 0.292 e. The number of quaternary nitrogens is 1. The number of benzene rings is 2. The average molecular weight is 387 g/mol. The Labute approximate surface area is 161 Å². The van der Waals surface area contributed by atoms with Gasteiger partial charge in [-0.3, -0.25) is 4.79 Å². The SMILES string of the molecule is CNC(=O)c1ccc(C[NH+](C)Cn2nc(-c3ccccc3F)oc2=S)cc1. The summed E-state index contributed by atoms with van der Waals surface area (Å²) < 4.78 is 20.9. The molecule has 0 spiro atoms. The molecule has 0 fully saturated rings. The second-order valence-electron chi connectivity index (χ2n) is 6.22. The summed E-state index contributed by atoms with van der Waals surface area (Å²) in [5, 5.41) is 6.90. The van der Waals surface area contributed by atoms with E-state index in [1.54, 1.807) is 42.1 Å². The molecule has 1 unspecified atom stereocenters. The Hall–Kier alpha value is -2.84. The van der Waals surface area contributed by atoms with Crippen molar-refractivity contribution >= 4 is 18.1 Å². The predicted octanol–water partition coefficient (Wildman–Crippen LogP) is 2.04. The molecule has 8 heteroatoms. The lowest BCUT2D eigenvalue weighted by Crippen LogP contribution is -3.07. The second kappa shape index (κ2) is 8.24. The number of nitrogens with zero attached hydrogens (tertiary/aromatic N) is 2. The molecule has 2 N–H and O–H groups in total. The average Bonchev–Trinajstić information content (AvgIpc) is 3.02. The van der Waals surface area contributed by atoms with Gasteiger partial charge in [0.2, 0.25) is 5.89 Å². The first-order valence-electron chi connectivity index (χ1n) is 8.43. The van der Waals surface area contributed by atoms with Crippen LogP contribution in [0.15, 0.2) is 52.9 Å². The topological polar surface area (TPSA) is 64.5 Å². The monoisotopic (exact) mass is 387 g/mol. The maximum atomic E-state index is 13.9. The van der Waals surface area contributed by atoms with E-state index < -0.39 is 5.82 Å². The van der Waals surface area contributed by atoms with Crippen LogP contribution in [0, 0.1) is 10.7 Å². The van der Waals surface area contributed by atoms with Crippen molar-refractivity contribution in [3.05, 3.63) is 70.3 Å². The standard InChI is InChI=1S/C19H19FN4O2S/c1-21-17(25)14-9-7-13(8-10-14)11-23(2)12-24-19(27)26-18(22-24)15-5-3-4-6-16(15)20/h3-10H,11-12H2,1-2H3,(H,21,25)/p+1. The van der Waals surface area contributed by atoms with Crippen molar-refractivity contribution in [1.29, 1.82) is 0 Å². The molecule has 27 heavy (non-hydrogen) atoms. The van der Waals surface area contributed by atoms with Gasteiger partial charge in [0.05, 0.1) is 12.6 Å². The van der Waals surface area contributed by atoms with Crippen molar-refractivity contribution < 1.29 is 18.5 Å². The van der Waals surface area contributed by atoms with E-state index in [1.165, 1.54) is 6.07 Å². The Kier molecular flexibility index (Phi) is 5.78. The van der Waals surface area contributed by atoms with Gasteiger partial charge in [-0.15, -0.1) is 5.10 Å². The van der Waals surface area contributed by atoms with Crippen LogP contribution in [-0.4, -0.2) is 29.8 Å². The highest BCUT2D eigenvalue weighted by atomic mass is 32.1. The lowest BCUT2D eigenvalue weighted by Gasteiger charge is -2.13. The van der Waals surface area contributed by atoms with E-state index in [0.29, 0.717) is 18.8 Å². The Morgan fingerprint density at radius 3 is 2.63 bits per heavy atom. The van der Waals surface area contributed by atoms with Crippen LogP contribution in [0.3, 0.4) is 0 Å². The predicted molar refractivity (Wildman–Crippen MR) is 101 cm³/mol. The highest BCUT2D eigenvalue weighted by molar-refractivity contribution is 7.71. The second-order valence-corrected chi connectivity index (χ2v) is 6.57. The molecule has 0 bridgehead atoms. The van der Waals surface area contributed by atoms with Gasteiger partial charge in [-0.2, -0.15) is 4.68 Å². The van der Waals surface area contributed by atoms with Crippen LogP contribution in [0.4, 0.5) is 4.39 Å². The largest absolute Gasteiger partial charge is 0.409 e. The van der Waals surface area contributed by atoms with Crippen molar-refractivity contribution in [3.63, 3.8) is 0 Å². The zero-order chi connectivity index (χ0) is 19.4. The molecule has 1 heterocycles. The number of rotatable bonds is 6. The number of hydrogen-bond donors (Lipinski definition) is 2. The molecule has 6 nitrogen and oxygen atoms in total. The fourth-order valence-corrected chi connectivity index (χ4v) is 2.91. The van der Waals surface area contributed by atoms with Crippen molar-refractivity contribution in [2.75, 3.05) is 14.1 Å². The normalized spacial score (nSPS) is 12.0. The quantitative estimate of drug-likeness (QED) is 0.636. The molecule has 0 aliphatic carbocycles. The molecule has 1 atom stereocenters.